The van der Waals surface area contributed by atoms with Gasteiger partial charge in [0.25, 0.3) is 6.43 Å². The maximum Gasteiger partial charge on any atom is 0.457 e. The van der Waals surface area contributed by atoms with E-state index in [-0.39, 0.29) is 13.0 Å². The Kier molecular flexibility index (Phi) is 9.06. The Bertz CT molecular complexity index is 973. The van der Waals surface area contributed by atoms with E-state index >= 15 is 0 Å². The molecule has 0 aromatic heterocycles. The molecule has 8 heteroatoms. The fourth-order valence-electron chi connectivity index (χ4n) is 4.18. The standard InChI is InChI=1S/C28H36BF2NO4/c1-6-34-25(33)28(24(30)31,19-13-14-20-29-35-26(2,3)27(4,5)36-29)32-23(21-15-9-7-10-16-21)22-17-11-8-12-18-22/h7-12,15-18,24H,6,13-14,19-20H2,1-5H3. The Balaban J connectivity index is 1.90. The van der Waals surface area contributed by atoms with Crippen LogP contribution in [0.5, 0.6) is 0 Å². The van der Waals surface area contributed by atoms with Crippen LogP contribution in [0.25, 0.3) is 0 Å². The molecule has 194 valence electrons. The Morgan fingerprint density at radius 3 is 1.89 bits per heavy atom. The molecule has 0 amide bonds. The zero-order chi connectivity index (χ0) is 26.4. The summed E-state index contributed by atoms with van der Waals surface area (Å²) in [4.78, 5) is 17.6. The van der Waals surface area contributed by atoms with Crippen LogP contribution in [0.2, 0.25) is 6.32 Å². The average Bonchev–Trinajstić information content (AvgIpc) is 3.05. The van der Waals surface area contributed by atoms with Crippen LogP contribution in [-0.4, -0.2) is 48.6 Å². The first-order valence-electron chi connectivity index (χ1n) is 12.5. The van der Waals surface area contributed by atoms with E-state index in [0.717, 1.165) is 0 Å². The first-order valence-corrected chi connectivity index (χ1v) is 12.5. The highest BCUT2D eigenvalue weighted by Crippen LogP contribution is 2.38. The van der Waals surface area contributed by atoms with Gasteiger partial charge in [0.05, 0.1) is 23.5 Å². The number of unbranched alkanes of at least 4 members (excludes halogenated alkanes) is 1. The Labute approximate surface area is 213 Å². The molecule has 1 atom stereocenters. The number of carbonyl (C=O) groups excluding carboxylic acids is 1. The second-order valence-corrected chi connectivity index (χ2v) is 10.1. The minimum Gasteiger partial charge on any atom is -0.464 e. The molecule has 1 unspecified atom stereocenters. The third kappa shape index (κ3) is 6.21. The molecule has 1 aliphatic rings. The normalized spacial score (nSPS) is 18.1. The van der Waals surface area contributed by atoms with Gasteiger partial charge in [-0.3, -0.25) is 4.99 Å². The predicted octanol–water partition coefficient (Wildman–Crippen LogP) is 6.35. The molecule has 1 fully saturated rings. The molecule has 0 saturated carbocycles. The maximum absolute atomic E-state index is 14.8. The second kappa shape index (κ2) is 11.7. The Morgan fingerprint density at radius 2 is 1.44 bits per heavy atom. The third-order valence-electron chi connectivity index (χ3n) is 6.95. The second-order valence-electron chi connectivity index (χ2n) is 10.1. The Hall–Kier alpha value is -2.58. The summed E-state index contributed by atoms with van der Waals surface area (Å²) < 4.78 is 46.8. The van der Waals surface area contributed by atoms with Crippen LogP contribution >= 0.6 is 0 Å². The number of aliphatic imine (C=N–C) groups is 1. The molecule has 1 aliphatic heterocycles. The van der Waals surface area contributed by atoms with E-state index in [0.29, 0.717) is 36.0 Å². The van der Waals surface area contributed by atoms with Gasteiger partial charge >= 0.3 is 13.1 Å². The number of alkyl halides is 2. The van der Waals surface area contributed by atoms with E-state index in [4.69, 9.17) is 14.0 Å². The van der Waals surface area contributed by atoms with Gasteiger partial charge in [0.2, 0.25) is 5.54 Å². The number of halogens is 2. The molecule has 0 N–H and O–H groups in total. The van der Waals surface area contributed by atoms with Crippen molar-refractivity contribution in [2.45, 2.75) is 83.4 Å². The number of carbonyl (C=O) groups is 1. The monoisotopic (exact) mass is 499 g/mol. The highest BCUT2D eigenvalue weighted by molar-refractivity contribution is 6.45. The van der Waals surface area contributed by atoms with Crippen LogP contribution in [-0.2, 0) is 18.8 Å². The SMILES string of the molecule is CCOC(=O)C(CCCCB1OC(C)(C)C(C)(C)O1)(N=C(c1ccccc1)c1ccccc1)C(F)F. The molecule has 0 aliphatic carbocycles. The van der Waals surface area contributed by atoms with Crippen LogP contribution < -0.4 is 0 Å². The van der Waals surface area contributed by atoms with E-state index in [1.165, 1.54) is 0 Å². The molecule has 0 bridgehead atoms. The van der Waals surface area contributed by atoms with Gasteiger partial charge in [0.1, 0.15) is 0 Å². The first-order chi connectivity index (χ1) is 17.0. The van der Waals surface area contributed by atoms with Gasteiger partial charge in [-0.15, -0.1) is 0 Å². The van der Waals surface area contributed by atoms with Gasteiger partial charge in [-0.2, -0.15) is 0 Å². The molecule has 2 aromatic rings. The number of ether oxygens (including phenoxy) is 1. The van der Waals surface area contributed by atoms with Gasteiger partial charge in [0.15, 0.2) is 0 Å². The quantitative estimate of drug-likeness (QED) is 0.156. The summed E-state index contributed by atoms with van der Waals surface area (Å²) in [6.07, 6.45) is -1.81. The molecule has 1 saturated heterocycles. The van der Waals surface area contributed by atoms with Crippen LogP contribution in [0, 0.1) is 0 Å². The Morgan fingerprint density at radius 1 is 0.944 bits per heavy atom. The summed E-state index contributed by atoms with van der Waals surface area (Å²) in [7, 11) is -0.425. The summed E-state index contributed by atoms with van der Waals surface area (Å²) in [5, 5.41) is 0. The van der Waals surface area contributed by atoms with E-state index in [1.807, 2.05) is 64.1 Å². The van der Waals surface area contributed by atoms with Crippen LogP contribution in [0.3, 0.4) is 0 Å². The van der Waals surface area contributed by atoms with E-state index < -0.39 is 36.3 Å². The predicted molar refractivity (Wildman–Crippen MR) is 139 cm³/mol. The molecule has 0 radical (unpaired) electrons. The van der Waals surface area contributed by atoms with E-state index in [2.05, 4.69) is 4.99 Å². The zero-order valence-electron chi connectivity index (χ0n) is 21.8. The van der Waals surface area contributed by atoms with E-state index in [1.54, 1.807) is 31.2 Å². The molecule has 36 heavy (non-hydrogen) atoms. The number of rotatable bonds is 11. The number of hydrogen-bond acceptors (Lipinski definition) is 5. The molecular weight excluding hydrogens is 463 g/mol. The van der Waals surface area contributed by atoms with Gasteiger partial charge in [-0.05, 0) is 47.4 Å². The summed E-state index contributed by atoms with van der Waals surface area (Å²) in [5.74, 6) is -1.01. The first kappa shape index (κ1) is 28.0. The minimum atomic E-state index is -3.05. The van der Waals surface area contributed by atoms with Crippen molar-refractivity contribution in [3.63, 3.8) is 0 Å². The van der Waals surface area contributed by atoms with Crippen molar-refractivity contribution >= 4 is 18.8 Å². The molecule has 5 nitrogen and oxygen atoms in total. The third-order valence-corrected chi connectivity index (χ3v) is 6.95. The summed E-state index contributed by atoms with van der Waals surface area (Å²) in [5.41, 5.74) is -1.62. The zero-order valence-corrected chi connectivity index (χ0v) is 21.8. The lowest BCUT2D eigenvalue weighted by atomic mass is 9.80. The van der Waals surface area contributed by atoms with Crippen molar-refractivity contribution < 1.29 is 27.6 Å². The topological polar surface area (TPSA) is 57.1 Å². The summed E-state index contributed by atoms with van der Waals surface area (Å²) in [6, 6.07) is 18.1. The lowest BCUT2D eigenvalue weighted by Crippen LogP contribution is -2.46. The number of benzene rings is 2. The van der Waals surface area contributed by atoms with Gasteiger partial charge in [-0.25, -0.2) is 13.6 Å². The van der Waals surface area contributed by atoms with Gasteiger partial charge < -0.3 is 14.0 Å². The lowest BCUT2D eigenvalue weighted by molar-refractivity contribution is -0.156. The van der Waals surface area contributed by atoms with Crippen molar-refractivity contribution in [2.75, 3.05) is 6.61 Å². The van der Waals surface area contributed by atoms with Crippen LogP contribution in [0.15, 0.2) is 65.7 Å². The van der Waals surface area contributed by atoms with E-state index in [9.17, 15) is 13.6 Å². The summed E-state index contributed by atoms with van der Waals surface area (Å²) in [6.45, 7) is 9.48. The molecule has 3 rings (SSSR count). The van der Waals surface area contributed by atoms with Gasteiger partial charge in [0, 0.05) is 11.1 Å². The van der Waals surface area contributed by atoms with Crippen molar-refractivity contribution in [1.82, 2.24) is 0 Å². The van der Waals surface area contributed by atoms with Crippen LogP contribution in [0.1, 0.15) is 65.0 Å². The highest BCUT2D eigenvalue weighted by atomic mass is 19.3. The number of esters is 1. The summed E-state index contributed by atoms with van der Waals surface area (Å²) >= 11 is 0. The van der Waals surface area contributed by atoms with Crippen molar-refractivity contribution in [3.8, 4) is 0 Å². The van der Waals surface area contributed by atoms with Crippen LogP contribution in [0.4, 0.5) is 8.78 Å². The maximum atomic E-state index is 14.8. The molecular formula is C28H36BF2NO4. The number of hydrogen-bond donors (Lipinski definition) is 0. The molecule has 0 spiro atoms. The smallest absolute Gasteiger partial charge is 0.457 e. The van der Waals surface area contributed by atoms with Crippen molar-refractivity contribution in [2.24, 2.45) is 4.99 Å². The minimum absolute atomic E-state index is 0.0112. The lowest BCUT2D eigenvalue weighted by Gasteiger charge is -2.32. The highest BCUT2D eigenvalue weighted by Gasteiger charge is 2.51. The molecule has 1 heterocycles. The fraction of sp³-hybridized carbons (Fsp3) is 0.500. The van der Waals surface area contributed by atoms with Gasteiger partial charge in [-0.1, -0.05) is 73.5 Å². The average molecular weight is 499 g/mol. The number of nitrogens with zero attached hydrogens (tertiary/aromatic N) is 1. The fourth-order valence-corrected chi connectivity index (χ4v) is 4.18. The molecule has 2 aromatic carbocycles. The van der Waals surface area contributed by atoms with Crippen molar-refractivity contribution in [1.29, 1.82) is 0 Å². The largest absolute Gasteiger partial charge is 0.464 e. The van der Waals surface area contributed by atoms with Crippen molar-refractivity contribution in [3.05, 3.63) is 71.8 Å².